The largest absolute Gasteiger partial charge is 0.396 e. The average Bonchev–Trinajstić information content (AvgIpc) is 2.56. The van der Waals surface area contributed by atoms with Crippen LogP contribution in [0.25, 0.3) is 0 Å². The van der Waals surface area contributed by atoms with Crippen molar-refractivity contribution in [1.29, 1.82) is 0 Å². The molecule has 1 fully saturated rings. The zero-order valence-corrected chi connectivity index (χ0v) is 14.2. The van der Waals surface area contributed by atoms with Gasteiger partial charge in [-0.05, 0) is 24.9 Å². The summed E-state index contributed by atoms with van der Waals surface area (Å²) in [4.78, 5) is 17.4. The molecule has 5 heteroatoms. The molecule has 0 radical (unpaired) electrons. The van der Waals surface area contributed by atoms with Crippen LogP contribution in [0.5, 0.6) is 0 Å². The molecular formula is C18H29N3O2. The molecule has 0 aromatic heterocycles. The highest BCUT2D eigenvalue weighted by atomic mass is 16.3. The van der Waals surface area contributed by atoms with Crippen LogP contribution in [0.1, 0.15) is 24.9 Å². The van der Waals surface area contributed by atoms with Crippen molar-refractivity contribution in [1.82, 2.24) is 15.1 Å². The second-order valence-corrected chi connectivity index (χ2v) is 6.52. The summed E-state index contributed by atoms with van der Waals surface area (Å²) in [6, 6.07) is 9.77. The van der Waals surface area contributed by atoms with Gasteiger partial charge in [0.15, 0.2) is 0 Å². The molecule has 0 aliphatic carbocycles. The number of rotatable bonds is 7. The highest BCUT2D eigenvalue weighted by Crippen LogP contribution is 2.22. The summed E-state index contributed by atoms with van der Waals surface area (Å²) in [5.41, 5.74) is 1.05. The van der Waals surface area contributed by atoms with Crippen molar-refractivity contribution >= 4 is 5.91 Å². The van der Waals surface area contributed by atoms with E-state index in [1.165, 1.54) is 0 Å². The number of aliphatic hydroxyl groups is 1. The fraction of sp³-hybridized carbons (Fsp3) is 0.611. The molecule has 23 heavy (non-hydrogen) atoms. The minimum atomic E-state index is -0.230. The van der Waals surface area contributed by atoms with Crippen molar-refractivity contribution in [3.05, 3.63) is 35.9 Å². The van der Waals surface area contributed by atoms with Crippen LogP contribution in [0.3, 0.4) is 0 Å². The zero-order chi connectivity index (χ0) is 16.7. The van der Waals surface area contributed by atoms with E-state index >= 15 is 0 Å². The van der Waals surface area contributed by atoms with Gasteiger partial charge in [0.05, 0.1) is 0 Å². The molecule has 2 atom stereocenters. The van der Waals surface area contributed by atoms with Gasteiger partial charge in [0.2, 0.25) is 5.91 Å². The van der Waals surface area contributed by atoms with E-state index in [-0.39, 0.29) is 24.5 Å². The Labute approximate surface area is 139 Å². The molecule has 0 saturated carbocycles. The molecule has 1 saturated heterocycles. The third kappa shape index (κ3) is 5.30. The van der Waals surface area contributed by atoms with Gasteiger partial charge in [0, 0.05) is 39.3 Å². The number of benzene rings is 1. The van der Waals surface area contributed by atoms with Gasteiger partial charge in [-0.2, -0.15) is 0 Å². The van der Waals surface area contributed by atoms with E-state index in [0.29, 0.717) is 13.0 Å². The third-order valence-corrected chi connectivity index (χ3v) is 4.51. The Bertz CT molecular complexity index is 472. The van der Waals surface area contributed by atoms with E-state index < -0.39 is 0 Å². The molecule has 1 aromatic rings. The van der Waals surface area contributed by atoms with Crippen molar-refractivity contribution < 1.29 is 9.90 Å². The smallest absolute Gasteiger partial charge is 0.241 e. The molecule has 0 bridgehead atoms. The number of piperazine rings is 1. The number of hydrogen-bond donors (Lipinski definition) is 2. The first-order chi connectivity index (χ1) is 11.1. The molecule has 0 spiro atoms. The first-order valence-electron chi connectivity index (χ1n) is 8.48. The van der Waals surface area contributed by atoms with Crippen molar-refractivity contribution in [2.75, 3.05) is 46.4 Å². The highest BCUT2D eigenvalue weighted by molar-refractivity contribution is 5.83. The summed E-state index contributed by atoms with van der Waals surface area (Å²) < 4.78 is 0. The summed E-state index contributed by atoms with van der Waals surface area (Å²) in [6.45, 7) is 6.58. The van der Waals surface area contributed by atoms with Gasteiger partial charge in [-0.1, -0.05) is 37.3 Å². The van der Waals surface area contributed by atoms with Gasteiger partial charge >= 0.3 is 0 Å². The van der Waals surface area contributed by atoms with Crippen LogP contribution in [-0.4, -0.2) is 67.2 Å². The standard InChI is InChI=1S/C18H29N3O2/c1-15(8-13-22)14-19-18(23)17(16-6-4-3-5-7-16)21-11-9-20(2)10-12-21/h3-7,15,17,22H,8-14H2,1-2H3,(H,19,23). The normalized spacial score (nSPS) is 19.3. The van der Waals surface area contributed by atoms with Crippen molar-refractivity contribution in [3.8, 4) is 0 Å². The van der Waals surface area contributed by atoms with Gasteiger partial charge in [-0.25, -0.2) is 0 Å². The van der Waals surface area contributed by atoms with Crippen molar-refractivity contribution in [2.45, 2.75) is 19.4 Å². The Balaban J connectivity index is 2.05. The van der Waals surface area contributed by atoms with Crippen LogP contribution in [0.4, 0.5) is 0 Å². The minimum absolute atomic E-state index is 0.0607. The van der Waals surface area contributed by atoms with Crippen LogP contribution in [0.2, 0.25) is 0 Å². The first-order valence-corrected chi connectivity index (χ1v) is 8.48. The number of carbonyl (C=O) groups excluding carboxylic acids is 1. The molecule has 1 aliphatic rings. The van der Waals surface area contributed by atoms with E-state index in [0.717, 1.165) is 31.7 Å². The number of hydrogen-bond acceptors (Lipinski definition) is 4. The summed E-state index contributed by atoms with van der Waals surface area (Å²) in [7, 11) is 2.12. The van der Waals surface area contributed by atoms with E-state index in [2.05, 4.69) is 22.2 Å². The average molecular weight is 319 g/mol. The fourth-order valence-corrected chi connectivity index (χ4v) is 2.94. The monoisotopic (exact) mass is 319 g/mol. The second-order valence-electron chi connectivity index (χ2n) is 6.52. The molecule has 1 aromatic carbocycles. The van der Waals surface area contributed by atoms with Crippen molar-refractivity contribution in [2.24, 2.45) is 5.92 Å². The first kappa shape index (κ1) is 17.9. The van der Waals surface area contributed by atoms with Gasteiger partial charge in [-0.3, -0.25) is 9.69 Å². The van der Waals surface area contributed by atoms with Gasteiger partial charge in [0.1, 0.15) is 6.04 Å². The summed E-state index contributed by atoms with van der Waals surface area (Å²) in [5, 5.41) is 12.1. The van der Waals surface area contributed by atoms with Crippen LogP contribution in [-0.2, 0) is 4.79 Å². The van der Waals surface area contributed by atoms with E-state index in [1.54, 1.807) is 0 Å². The number of nitrogens with zero attached hydrogens (tertiary/aromatic N) is 2. The molecule has 5 nitrogen and oxygen atoms in total. The number of likely N-dealkylation sites (N-methyl/N-ethyl adjacent to an activating group) is 1. The predicted molar refractivity (Wildman–Crippen MR) is 92.1 cm³/mol. The van der Waals surface area contributed by atoms with Crippen molar-refractivity contribution in [3.63, 3.8) is 0 Å². The lowest BCUT2D eigenvalue weighted by atomic mass is 10.0. The fourth-order valence-electron chi connectivity index (χ4n) is 2.94. The molecule has 2 rings (SSSR count). The van der Waals surface area contributed by atoms with Crippen LogP contribution in [0, 0.1) is 5.92 Å². The number of amides is 1. The lowest BCUT2D eigenvalue weighted by Crippen LogP contribution is -2.50. The molecule has 2 unspecified atom stereocenters. The minimum Gasteiger partial charge on any atom is -0.396 e. The molecular weight excluding hydrogens is 290 g/mol. The zero-order valence-electron chi connectivity index (χ0n) is 14.2. The SMILES string of the molecule is CC(CCO)CNC(=O)C(c1ccccc1)N1CCN(C)CC1. The van der Waals surface area contributed by atoms with Gasteiger partial charge < -0.3 is 15.3 Å². The summed E-state index contributed by atoms with van der Waals surface area (Å²) in [6.07, 6.45) is 0.713. The maximum atomic E-state index is 12.8. The quantitative estimate of drug-likeness (QED) is 0.790. The maximum Gasteiger partial charge on any atom is 0.241 e. The Morgan fingerprint density at radius 3 is 2.48 bits per heavy atom. The number of aliphatic hydroxyl groups excluding tert-OH is 1. The predicted octanol–water partition coefficient (Wildman–Crippen LogP) is 1.11. The molecule has 1 aliphatic heterocycles. The molecule has 2 N–H and O–H groups in total. The molecule has 128 valence electrons. The number of nitrogens with one attached hydrogen (secondary N) is 1. The Morgan fingerprint density at radius 2 is 1.87 bits per heavy atom. The van der Waals surface area contributed by atoms with Crippen LogP contribution < -0.4 is 5.32 Å². The van der Waals surface area contributed by atoms with Crippen LogP contribution in [0.15, 0.2) is 30.3 Å². The topological polar surface area (TPSA) is 55.8 Å². The Morgan fingerprint density at radius 1 is 1.22 bits per heavy atom. The lowest BCUT2D eigenvalue weighted by Gasteiger charge is -2.37. The van der Waals surface area contributed by atoms with Crippen LogP contribution >= 0.6 is 0 Å². The maximum absolute atomic E-state index is 12.8. The number of carbonyl (C=O) groups is 1. The highest BCUT2D eigenvalue weighted by Gasteiger charge is 2.29. The third-order valence-electron chi connectivity index (χ3n) is 4.51. The molecule has 1 amide bonds. The molecule has 1 heterocycles. The van der Waals surface area contributed by atoms with E-state index in [1.807, 2.05) is 37.3 Å². The lowest BCUT2D eigenvalue weighted by molar-refractivity contribution is -0.127. The summed E-state index contributed by atoms with van der Waals surface area (Å²) >= 11 is 0. The Kier molecular flexibility index (Phi) is 7.02. The van der Waals surface area contributed by atoms with Gasteiger partial charge in [0.25, 0.3) is 0 Å². The summed E-state index contributed by atoms with van der Waals surface area (Å²) in [5.74, 6) is 0.346. The van der Waals surface area contributed by atoms with E-state index in [9.17, 15) is 4.79 Å². The van der Waals surface area contributed by atoms with Gasteiger partial charge in [-0.15, -0.1) is 0 Å². The second kappa shape index (κ2) is 9.01. The Hall–Kier alpha value is -1.43. The van der Waals surface area contributed by atoms with E-state index in [4.69, 9.17) is 5.11 Å².